The standard InChI is InChI=1S/C14H29NO/c1-3-9-15-10-7-14(8-11-15)6-5-13-16-12-4-2/h14H,3-13H2,1-2H3. The molecule has 96 valence electrons. The zero-order valence-electron chi connectivity index (χ0n) is 11.2. The number of likely N-dealkylation sites (tertiary alicyclic amines) is 1. The van der Waals surface area contributed by atoms with Crippen LogP contribution in [0.15, 0.2) is 0 Å². The topological polar surface area (TPSA) is 12.5 Å². The number of nitrogens with zero attached hydrogens (tertiary/aromatic N) is 1. The van der Waals surface area contributed by atoms with Crippen molar-refractivity contribution in [3.8, 4) is 0 Å². The number of piperidine rings is 1. The second-order valence-corrected chi connectivity index (χ2v) is 5.04. The molecule has 0 amide bonds. The van der Waals surface area contributed by atoms with Crippen LogP contribution in [-0.4, -0.2) is 37.7 Å². The van der Waals surface area contributed by atoms with Gasteiger partial charge in [0.15, 0.2) is 0 Å². The van der Waals surface area contributed by atoms with E-state index in [0.29, 0.717) is 0 Å². The lowest BCUT2D eigenvalue weighted by Crippen LogP contribution is -2.34. The van der Waals surface area contributed by atoms with Crippen molar-refractivity contribution in [3.63, 3.8) is 0 Å². The van der Waals surface area contributed by atoms with E-state index >= 15 is 0 Å². The van der Waals surface area contributed by atoms with E-state index in [2.05, 4.69) is 18.7 Å². The van der Waals surface area contributed by atoms with Crippen molar-refractivity contribution in [1.29, 1.82) is 0 Å². The molecule has 0 aromatic carbocycles. The largest absolute Gasteiger partial charge is 0.381 e. The highest BCUT2D eigenvalue weighted by Crippen LogP contribution is 2.21. The first kappa shape index (κ1) is 14.0. The van der Waals surface area contributed by atoms with E-state index in [-0.39, 0.29) is 0 Å². The Hall–Kier alpha value is -0.0800. The van der Waals surface area contributed by atoms with E-state index in [1.807, 2.05) is 0 Å². The number of hydrogen-bond donors (Lipinski definition) is 0. The van der Waals surface area contributed by atoms with Crippen LogP contribution in [0, 0.1) is 5.92 Å². The lowest BCUT2D eigenvalue weighted by molar-refractivity contribution is 0.119. The highest BCUT2D eigenvalue weighted by atomic mass is 16.5. The molecule has 1 aliphatic heterocycles. The van der Waals surface area contributed by atoms with E-state index in [1.165, 1.54) is 51.7 Å². The predicted molar refractivity (Wildman–Crippen MR) is 69.8 cm³/mol. The molecule has 0 aromatic rings. The lowest BCUT2D eigenvalue weighted by atomic mass is 9.92. The minimum Gasteiger partial charge on any atom is -0.381 e. The molecule has 0 N–H and O–H groups in total. The van der Waals surface area contributed by atoms with Gasteiger partial charge < -0.3 is 9.64 Å². The van der Waals surface area contributed by atoms with Gasteiger partial charge in [0.1, 0.15) is 0 Å². The Morgan fingerprint density at radius 2 is 1.81 bits per heavy atom. The maximum Gasteiger partial charge on any atom is 0.0466 e. The molecule has 2 heteroatoms. The fraction of sp³-hybridized carbons (Fsp3) is 1.00. The summed E-state index contributed by atoms with van der Waals surface area (Å²) in [6, 6.07) is 0. The van der Waals surface area contributed by atoms with Gasteiger partial charge in [-0.05, 0) is 64.1 Å². The van der Waals surface area contributed by atoms with Gasteiger partial charge in [0.25, 0.3) is 0 Å². The Balaban J connectivity index is 1.95. The Morgan fingerprint density at radius 3 is 2.44 bits per heavy atom. The number of rotatable bonds is 8. The quantitative estimate of drug-likeness (QED) is 0.590. The fourth-order valence-electron chi connectivity index (χ4n) is 2.54. The lowest BCUT2D eigenvalue weighted by Gasteiger charge is -2.31. The second kappa shape index (κ2) is 9.00. The van der Waals surface area contributed by atoms with E-state index in [0.717, 1.165) is 25.6 Å². The summed E-state index contributed by atoms with van der Waals surface area (Å²) in [4.78, 5) is 2.62. The molecule has 0 atom stereocenters. The molecular weight excluding hydrogens is 198 g/mol. The number of hydrogen-bond acceptors (Lipinski definition) is 2. The molecule has 0 unspecified atom stereocenters. The molecule has 0 radical (unpaired) electrons. The van der Waals surface area contributed by atoms with Crippen LogP contribution in [0.5, 0.6) is 0 Å². The maximum absolute atomic E-state index is 5.52. The highest BCUT2D eigenvalue weighted by molar-refractivity contribution is 4.71. The maximum atomic E-state index is 5.52. The smallest absolute Gasteiger partial charge is 0.0466 e. The Labute approximate surface area is 101 Å². The minimum absolute atomic E-state index is 0.939. The van der Waals surface area contributed by atoms with Crippen LogP contribution in [0.2, 0.25) is 0 Å². The SMILES string of the molecule is CCCOCCCC1CCN(CCC)CC1. The molecule has 0 bridgehead atoms. The first-order valence-corrected chi connectivity index (χ1v) is 7.16. The molecule has 1 aliphatic rings. The van der Waals surface area contributed by atoms with Gasteiger partial charge in [-0.1, -0.05) is 13.8 Å². The summed E-state index contributed by atoms with van der Waals surface area (Å²) in [6.45, 7) is 10.3. The van der Waals surface area contributed by atoms with Crippen molar-refractivity contribution in [1.82, 2.24) is 4.90 Å². The summed E-state index contributed by atoms with van der Waals surface area (Å²) in [5, 5.41) is 0. The minimum atomic E-state index is 0.939. The van der Waals surface area contributed by atoms with Crippen molar-refractivity contribution >= 4 is 0 Å². The van der Waals surface area contributed by atoms with Crippen molar-refractivity contribution in [3.05, 3.63) is 0 Å². The first-order valence-electron chi connectivity index (χ1n) is 7.16. The summed E-state index contributed by atoms with van der Waals surface area (Å²) in [5.41, 5.74) is 0. The van der Waals surface area contributed by atoms with Crippen LogP contribution in [0.4, 0.5) is 0 Å². The zero-order chi connectivity index (χ0) is 11.6. The Morgan fingerprint density at radius 1 is 1.06 bits per heavy atom. The van der Waals surface area contributed by atoms with Crippen LogP contribution in [0.3, 0.4) is 0 Å². The van der Waals surface area contributed by atoms with Crippen molar-refractivity contribution < 1.29 is 4.74 Å². The first-order chi connectivity index (χ1) is 7.86. The van der Waals surface area contributed by atoms with Crippen LogP contribution >= 0.6 is 0 Å². The highest BCUT2D eigenvalue weighted by Gasteiger charge is 2.17. The zero-order valence-corrected chi connectivity index (χ0v) is 11.2. The second-order valence-electron chi connectivity index (χ2n) is 5.04. The molecule has 1 saturated heterocycles. The van der Waals surface area contributed by atoms with Gasteiger partial charge >= 0.3 is 0 Å². The third-order valence-corrected chi connectivity index (χ3v) is 3.50. The fourth-order valence-corrected chi connectivity index (χ4v) is 2.54. The van der Waals surface area contributed by atoms with Crippen LogP contribution in [0.1, 0.15) is 52.4 Å². The van der Waals surface area contributed by atoms with Crippen molar-refractivity contribution in [2.45, 2.75) is 52.4 Å². The average molecular weight is 227 g/mol. The molecule has 0 aliphatic carbocycles. The Kier molecular flexibility index (Phi) is 7.87. The van der Waals surface area contributed by atoms with Crippen LogP contribution < -0.4 is 0 Å². The van der Waals surface area contributed by atoms with Gasteiger partial charge in [-0.15, -0.1) is 0 Å². The molecule has 0 spiro atoms. The van der Waals surface area contributed by atoms with Crippen molar-refractivity contribution in [2.24, 2.45) is 5.92 Å². The third kappa shape index (κ3) is 5.86. The van der Waals surface area contributed by atoms with Crippen molar-refractivity contribution in [2.75, 3.05) is 32.8 Å². The number of ether oxygens (including phenoxy) is 1. The Bertz CT molecular complexity index is 153. The van der Waals surface area contributed by atoms with Gasteiger partial charge in [-0.25, -0.2) is 0 Å². The molecular formula is C14H29NO. The molecule has 0 saturated carbocycles. The normalized spacial score (nSPS) is 19.1. The third-order valence-electron chi connectivity index (χ3n) is 3.50. The summed E-state index contributed by atoms with van der Waals surface area (Å²) >= 11 is 0. The summed E-state index contributed by atoms with van der Waals surface area (Å²) in [6.07, 6.45) is 7.91. The van der Waals surface area contributed by atoms with Gasteiger partial charge in [0.05, 0.1) is 0 Å². The van der Waals surface area contributed by atoms with E-state index in [1.54, 1.807) is 0 Å². The van der Waals surface area contributed by atoms with Gasteiger partial charge in [-0.3, -0.25) is 0 Å². The monoisotopic (exact) mass is 227 g/mol. The van der Waals surface area contributed by atoms with E-state index < -0.39 is 0 Å². The molecule has 1 rings (SSSR count). The van der Waals surface area contributed by atoms with Crippen LogP contribution in [-0.2, 0) is 4.74 Å². The molecule has 0 aromatic heterocycles. The van der Waals surface area contributed by atoms with Gasteiger partial charge in [0, 0.05) is 13.2 Å². The summed E-state index contributed by atoms with van der Waals surface area (Å²) < 4.78 is 5.52. The van der Waals surface area contributed by atoms with Gasteiger partial charge in [0.2, 0.25) is 0 Å². The molecule has 1 heterocycles. The van der Waals surface area contributed by atoms with E-state index in [4.69, 9.17) is 4.74 Å². The van der Waals surface area contributed by atoms with E-state index in [9.17, 15) is 0 Å². The molecule has 1 fully saturated rings. The molecule has 16 heavy (non-hydrogen) atoms. The molecule has 2 nitrogen and oxygen atoms in total. The summed E-state index contributed by atoms with van der Waals surface area (Å²) in [7, 11) is 0. The predicted octanol–water partition coefficient (Wildman–Crippen LogP) is 3.32. The summed E-state index contributed by atoms with van der Waals surface area (Å²) in [5.74, 6) is 0.971. The van der Waals surface area contributed by atoms with Crippen LogP contribution in [0.25, 0.3) is 0 Å². The average Bonchev–Trinajstić information content (AvgIpc) is 2.31. The van der Waals surface area contributed by atoms with Gasteiger partial charge in [-0.2, -0.15) is 0 Å².